The van der Waals surface area contributed by atoms with Gasteiger partial charge in [0.25, 0.3) is 9.04 Å². The summed E-state index contributed by atoms with van der Waals surface area (Å²) in [7, 11) is -1.35. The van der Waals surface area contributed by atoms with Crippen LogP contribution in [0.3, 0.4) is 0 Å². The van der Waals surface area contributed by atoms with Crippen LogP contribution in [0.4, 0.5) is 0 Å². The van der Waals surface area contributed by atoms with Crippen molar-refractivity contribution in [2.75, 3.05) is 6.61 Å². The lowest BCUT2D eigenvalue weighted by Crippen LogP contribution is -2.46. The molecule has 1 N–H and O–H groups in total. The second-order valence-corrected chi connectivity index (χ2v) is 14.8. The summed E-state index contributed by atoms with van der Waals surface area (Å²) in [6.07, 6.45) is 0.953. The first-order valence-corrected chi connectivity index (χ1v) is 14.9. The molecule has 0 unspecified atom stereocenters. The summed E-state index contributed by atoms with van der Waals surface area (Å²) in [4.78, 5) is 3.56. The topological polar surface area (TPSA) is 25.0 Å². The molecule has 1 radical (unpaired) electrons. The van der Waals surface area contributed by atoms with Crippen LogP contribution in [0.15, 0.2) is 77.3 Å². The molecular weight excluding hydrogens is 613 g/mol. The number of aromatic nitrogens is 1. The number of aromatic amines is 1. The minimum atomic E-state index is -1.35. The predicted molar refractivity (Wildman–Crippen MR) is 159 cm³/mol. The summed E-state index contributed by atoms with van der Waals surface area (Å²) in [6, 6.07) is 26.2. The van der Waals surface area contributed by atoms with Crippen LogP contribution < -0.4 is 10.4 Å². The van der Waals surface area contributed by atoms with E-state index in [-0.39, 0.29) is 10.8 Å². The van der Waals surface area contributed by atoms with Crippen LogP contribution in [0.1, 0.15) is 45.7 Å². The predicted octanol–water partition coefficient (Wildman–Crippen LogP) is 7.22. The fraction of sp³-hybridized carbons (Fsp3) is 0.310. The van der Waals surface area contributed by atoms with Crippen LogP contribution in [0, 0.1) is 9.12 Å². The van der Waals surface area contributed by atoms with Crippen LogP contribution in [0.25, 0.3) is 10.9 Å². The molecule has 0 fully saturated rings. The average Bonchev–Trinajstić information content (AvgIpc) is 3.10. The number of rotatable bonds is 7. The maximum absolute atomic E-state index is 6.81. The third-order valence-electron chi connectivity index (χ3n) is 6.15. The van der Waals surface area contributed by atoms with Crippen molar-refractivity contribution in [3.05, 3.63) is 92.1 Å². The van der Waals surface area contributed by atoms with Crippen LogP contribution in [-0.4, -0.2) is 20.6 Å². The summed E-state index contributed by atoms with van der Waals surface area (Å²) >= 11 is 6.12. The Labute approximate surface area is 227 Å². The molecule has 0 amide bonds. The first-order valence-electron chi connectivity index (χ1n) is 11.7. The highest BCUT2D eigenvalue weighted by atomic mass is 127. The van der Waals surface area contributed by atoms with E-state index in [1.807, 2.05) is 0 Å². The highest BCUT2D eigenvalue weighted by molar-refractivity contribution is 14.1. The number of benzene rings is 3. The minimum Gasteiger partial charge on any atom is -0.407 e. The fourth-order valence-electron chi connectivity index (χ4n) is 4.22. The fourth-order valence-corrected chi connectivity index (χ4v) is 7.60. The Morgan fingerprint density at radius 1 is 0.853 bits per heavy atom. The quantitative estimate of drug-likeness (QED) is 0.167. The van der Waals surface area contributed by atoms with E-state index in [9.17, 15) is 0 Å². The van der Waals surface area contributed by atoms with Gasteiger partial charge in [-0.2, -0.15) is 0 Å². The van der Waals surface area contributed by atoms with Crippen molar-refractivity contribution in [3.8, 4) is 0 Å². The zero-order chi connectivity index (χ0) is 24.5. The molecule has 1 heterocycles. The molecule has 0 atom stereocenters. The van der Waals surface area contributed by atoms with Gasteiger partial charge < -0.3 is 9.41 Å². The number of H-pyrrole nitrogens is 1. The number of nitrogens with one attached hydrogen (secondary N) is 1. The third kappa shape index (κ3) is 5.86. The van der Waals surface area contributed by atoms with Crippen LogP contribution in [0.5, 0.6) is 0 Å². The van der Waals surface area contributed by atoms with Gasteiger partial charge in [0.1, 0.15) is 0 Å². The van der Waals surface area contributed by atoms with Gasteiger partial charge in [0, 0.05) is 16.5 Å². The zero-order valence-electron chi connectivity index (χ0n) is 20.5. The smallest absolute Gasteiger partial charge is 0.282 e. The molecule has 0 saturated heterocycles. The SMILES string of the molecule is CC(C)(CO[Si](c1ccccc1)c1ccc(C(C)(C)C)cc1)Cc1c(I)[nH]c2c(Br)cccc12. The molecule has 5 heteroatoms. The largest absolute Gasteiger partial charge is 0.407 e. The molecule has 0 bridgehead atoms. The van der Waals surface area contributed by atoms with Gasteiger partial charge in [-0.05, 0) is 83.3 Å². The molecule has 34 heavy (non-hydrogen) atoms. The lowest BCUT2D eigenvalue weighted by Gasteiger charge is -2.28. The number of hydrogen-bond acceptors (Lipinski definition) is 1. The molecule has 0 aliphatic heterocycles. The maximum Gasteiger partial charge on any atom is 0.282 e. The lowest BCUT2D eigenvalue weighted by atomic mass is 9.86. The summed E-state index contributed by atoms with van der Waals surface area (Å²) < 4.78 is 9.12. The Balaban J connectivity index is 1.58. The third-order valence-corrected chi connectivity index (χ3v) is 9.88. The average molecular weight is 645 g/mol. The monoisotopic (exact) mass is 644 g/mol. The summed E-state index contributed by atoms with van der Waals surface area (Å²) in [5.41, 5.74) is 4.03. The standard InChI is InChI=1S/C29H32BrINOSi/c1-28(2,3)20-14-16-22(17-15-20)34(21-10-7-6-8-11-21)33-19-29(4,5)18-24-23-12-9-13-25(30)26(23)32-27(24)31/h6-17,32H,18-19H2,1-5H3. The van der Waals surface area contributed by atoms with Crippen molar-refractivity contribution in [1.29, 1.82) is 0 Å². The van der Waals surface area contributed by atoms with Gasteiger partial charge in [-0.15, -0.1) is 0 Å². The highest BCUT2D eigenvalue weighted by Crippen LogP contribution is 2.34. The van der Waals surface area contributed by atoms with Gasteiger partial charge >= 0.3 is 0 Å². The normalized spacial score (nSPS) is 12.6. The Bertz CT molecular complexity index is 1260. The minimum absolute atomic E-state index is 0.00654. The van der Waals surface area contributed by atoms with E-state index in [1.165, 1.54) is 36.1 Å². The van der Waals surface area contributed by atoms with Crippen molar-refractivity contribution in [2.45, 2.75) is 46.5 Å². The summed E-state index contributed by atoms with van der Waals surface area (Å²) in [5.74, 6) is 0. The van der Waals surface area contributed by atoms with Crippen molar-refractivity contribution in [3.63, 3.8) is 0 Å². The van der Waals surface area contributed by atoms with E-state index < -0.39 is 9.04 Å². The van der Waals surface area contributed by atoms with Crippen molar-refractivity contribution >= 4 is 68.8 Å². The molecule has 3 aromatic carbocycles. The number of fused-ring (bicyclic) bond motifs is 1. The number of halogens is 2. The molecule has 0 spiro atoms. The molecule has 177 valence electrons. The van der Waals surface area contributed by atoms with E-state index in [0.29, 0.717) is 6.61 Å². The molecule has 0 aliphatic rings. The second-order valence-electron chi connectivity index (χ2n) is 10.7. The first kappa shape index (κ1) is 25.7. The van der Waals surface area contributed by atoms with Crippen molar-refractivity contribution in [1.82, 2.24) is 4.98 Å². The van der Waals surface area contributed by atoms with Gasteiger partial charge in [0.2, 0.25) is 0 Å². The van der Waals surface area contributed by atoms with Gasteiger partial charge in [0.05, 0.1) is 9.22 Å². The van der Waals surface area contributed by atoms with Gasteiger partial charge in [-0.3, -0.25) is 0 Å². The van der Waals surface area contributed by atoms with Gasteiger partial charge in [0.15, 0.2) is 0 Å². The van der Waals surface area contributed by atoms with E-state index in [0.717, 1.165) is 10.9 Å². The molecular formula is C29H32BrINOSi. The summed E-state index contributed by atoms with van der Waals surface area (Å²) in [6.45, 7) is 12.1. The van der Waals surface area contributed by atoms with Crippen molar-refractivity contribution in [2.24, 2.45) is 5.41 Å². The molecule has 4 aromatic rings. The van der Waals surface area contributed by atoms with Crippen LogP contribution in [0.2, 0.25) is 0 Å². The highest BCUT2D eigenvalue weighted by Gasteiger charge is 2.27. The summed E-state index contributed by atoms with van der Waals surface area (Å²) in [5, 5.41) is 3.88. The number of para-hydroxylation sites is 1. The molecule has 0 saturated carbocycles. The Morgan fingerprint density at radius 2 is 1.50 bits per heavy atom. The second kappa shape index (κ2) is 10.3. The van der Waals surface area contributed by atoms with Crippen LogP contribution in [-0.2, 0) is 16.3 Å². The van der Waals surface area contributed by atoms with E-state index in [1.54, 1.807) is 0 Å². The molecule has 2 nitrogen and oxygen atoms in total. The zero-order valence-corrected chi connectivity index (χ0v) is 25.3. The maximum atomic E-state index is 6.81. The Hall–Kier alpha value is -1.41. The van der Waals surface area contributed by atoms with E-state index in [4.69, 9.17) is 4.43 Å². The van der Waals surface area contributed by atoms with Gasteiger partial charge in [-0.25, -0.2) is 0 Å². The number of hydrogen-bond donors (Lipinski definition) is 1. The van der Waals surface area contributed by atoms with Crippen LogP contribution >= 0.6 is 38.5 Å². The Morgan fingerprint density at radius 3 is 2.15 bits per heavy atom. The molecule has 0 aliphatic carbocycles. The lowest BCUT2D eigenvalue weighted by molar-refractivity contribution is 0.185. The molecule has 1 aromatic heterocycles. The van der Waals surface area contributed by atoms with E-state index >= 15 is 0 Å². The molecule has 4 rings (SSSR count). The first-order chi connectivity index (χ1) is 16.0. The Kier molecular flexibility index (Phi) is 7.77. The van der Waals surface area contributed by atoms with Crippen molar-refractivity contribution < 1.29 is 4.43 Å². The van der Waals surface area contributed by atoms with Gasteiger partial charge in [-0.1, -0.05) is 101 Å². The van der Waals surface area contributed by atoms with E-state index in [2.05, 4.69) is 151 Å².